The van der Waals surface area contributed by atoms with Crippen molar-refractivity contribution in [1.82, 2.24) is 4.98 Å². The molecule has 30 heteroatoms. The highest BCUT2D eigenvalue weighted by Crippen LogP contribution is 2.41. The predicted molar refractivity (Wildman–Crippen MR) is 214 cm³/mol. The molecule has 6 rings (SSSR count). The number of carbonyl (C=O) groups is 2. The fourth-order valence-corrected chi connectivity index (χ4v) is 7.67. The van der Waals surface area contributed by atoms with Crippen LogP contribution in [0.4, 0.5) is 105 Å². The van der Waals surface area contributed by atoms with Crippen LogP contribution in [0.25, 0.3) is 0 Å². The van der Waals surface area contributed by atoms with E-state index < -0.39 is 201 Å². The van der Waals surface area contributed by atoms with Gasteiger partial charge in [-0.2, -0.15) is 132 Å². The van der Waals surface area contributed by atoms with Crippen molar-refractivity contribution in [2.75, 3.05) is 0 Å². The molecule has 0 radical (unpaired) electrons. The number of alkyl halides is 24. The Morgan fingerprint density at radius 3 is 0.893 bits per heavy atom. The number of benzene rings is 5. The number of halogens is 24. The Kier molecular flexibility index (Phi) is 15.7. The number of aromatic nitrogens is 2. The van der Waals surface area contributed by atoms with Crippen molar-refractivity contribution in [3.05, 3.63) is 177 Å². The number of hydrogen-bond acceptors (Lipinski definition) is 3. The zero-order valence-corrected chi connectivity index (χ0v) is 36.2. The summed E-state index contributed by atoms with van der Waals surface area (Å²) in [7, 11) is 0. The van der Waals surface area contributed by atoms with E-state index in [-0.39, 0.29) is 18.0 Å². The molecule has 6 aromatic rings. The van der Waals surface area contributed by atoms with Crippen LogP contribution < -0.4 is 32.2 Å². The lowest BCUT2D eigenvalue weighted by molar-refractivity contribution is -0.685. The average molecular weight is 1110 g/mol. The van der Waals surface area contributed by atoms with Gasteiger partial charge in [-0.3, -0.25) is 14.6 Å². The topological polar surface area (TPSA) is 76.9 Å². The lowest BCUT2D eigenvalue weighted by Crippen LogP contribution is -2.75. The molecule has 0 aliphatic heterocycles. The molecule has 0 unspecified atom stereocenters. The maximum atomic E-state index is 14.2. The number of nitrogens with two attached hydrogens (primary N) is 1. The minimum absolute atomic E-state index is 0.0603. The summed E-state index contributed by atoms with van der Waals surface area (Å²) >= 11 is 0. The smallest absolute Gasteiger partial charge is 0.360 e. The Morgan fingerprint density at radius 1 is 0.413 bits per heavy atom. The van der Waals surface area contributed by atoms with Gasteiger partial charge in [-0.1, -0.05) is 78.9 Å². The van der Waals surface area contributed by atoms with Gasteiger partial charge >= 0.3 is 55.3 Å². The molecule has 0 saturated carbocycles. The summed E-state index contributed by atoms with van der Waals surface area (Å²) in [5.74, 6) is -0.696. The largest absolute Gasteiger partial charge is 0.416 e. The molecule has 1 heterocycles. The minimum atomic E-state index is -6.13. The van der Waals surface area contributed by atoms with Gasteiger partial charge in [-0.15, -0.1) is 0 Å². The fourth-order valence-electron chi connectivity index (χ4n) is 7.67. The monoisotopic (exact) mass is 1110 g/mol. The molecule has 402 valence electrons. The van der Waals surface area contributed by atoms with Crippen LogP contribution in [0.2, 0.25) is 0 Å². The van der Waals surface area contributed by atoms with Crippen molar-refractivity contribution in [3.63, 3.8) is 0 Å². The SMILES string of the molecule is FC(F)(F)c1cc([B-](c2cc(C(F)(F)F)cc(C(F)(F)F)c2)(c2cc(C(F)(F)F)cc(C(F)(F)F)c2)c2cc(C(F)(F)F)cc(C(F)(F)F)c2)cc(C(F)(F)F)c1.NC(=O)c1cncc[n+]1CC(=O)c1ccccc1. The van der Waals surface area contributed by atoms with Gasteiger partial charge in [-0.25, -0.2) is 0 Å². The van der Waals surface area contributed by atoms with Crippen molar-refractivity contribution in [1.29, 1.82) is 0 Å². The number of rotatable bonds is 8. The third-order valence-electron chi connectivity index (χ3n) is 10.9. The zero-order chi connectivity index (χ0) is 56.9. The summed E-state index contributed by atoms with van der Waals surface area (Å²) in [5, 5.41) is 0. The molecule has 5 aromatic carbocycles. The first-order chi connectivity index (χ1) is 33.9. The summed E-state index contributed by atoms with van der Waals surface area (Å²) in [5.41, 5.74) is -24.2. The summed E-state index contributed by atoms with van der Waals surface area (Å²) in [6.45, 7) is 0.0603. The number of amides is 1. The van der Waals surface area contributed by atoms with Crippen molar-refractivity contribution in [3.8, 4) is 0 Å². The van der Waals surface area contributed by atoms with Crippen molar-refractivity contribution in [2.45, 2.75) is 56.0 Å². The molecular formula is C45H24BF24N3O2. The average Bonchev–Trinajstić information content (AvgIpc) is 3.27. The van der Waals surface area contributed by atoms with Crippen LogP contribution in [0.1, 0.15) is 65.4 Å². The van der Waals surface area contributed by atoms with Crippen LogP contribution in [0.5, 0.6) is 0 Å². The molecule has 0 aliphatic carbocycles. The van der Waals surface area contributed by atoms with Crippen molar-refractivity contribution in [2.24, 2.45) is 5.73 Å². The third-order valence-corrected chi connectivity index (χ3v) is 10.9. The maximum Gasteiger partial charge on any atom is 0.416 e. The lowest BCUT2D eigenvalue weighted by Gasteiger charge is -2.46. The van der Waals surface area contributed by atoms with Gasteiger partial charge in [0.2, 0.25) is 12.3 Å². The molecule has 2 N–H and O–H groups in total. The number of hydrogen-bond donors (Lipinski definition) is 1. The summed E-state index contributed by atoms with van der Waals surface area (Å²) in [6.07, 6.45) is -50.4. The maximum absolute atomic E-state index is 14.2. The number of Topliss-reactive ketones (excluding diaryl/α,β-unsaturated/α-hetero) is 1. The summed E-state index contributed by atoms with van der Waals surface area (Å²) in [6, 6.07) is 0.0708. The van der Waals surface area contributed by atoms with Gasteiger partial charge in [0.25, 0.3) is 5.69 Å². The Labute approximate surface area is 403 Å². The Balaban J connectivity index is 0.000000483. The van der Waals surface area contributed by atoms with Gasteiger partial charge in [0.1, 0.15) is 12.3 Å². The highest BCUT2D eigenvalue weighted by molar-refractivity contribution is 7.20. The van der Waals surface area contributed by atoms with Crippen LogP contribution >= 0.6 is 0 Å². The van der Waals surface area contributed by atoms with Crippen LogP contribution in [-0.2, 0) is 56.0 Å². The molecular weight excluding hydrogens is 1080 g/mol. The second kappa shape index (κ2) is 20.1. The highest BCUT2D eigenvalue weighted by Gasteiger charge is 2.47. The third kappa shape index (κ3) is 13.5. The molecule has 1 amide bonds. The van der Waals surface area contributed by atoms with E-state index in [1.54, 1.807) is 30.5 Å². The van der Waals surface area contributed by atoms with Crippen LogP contribution in [-0.4, -0.2) is 22.8 Å². The standard InChI is InChI=1S/C32H12BF24.C13H11N3O2/c34-25(35,36)13-1-14(26(37,38)39)6-21(5-13)33(22-7-15(27(40,41)42)2-16(8-22)28(43,44)45,23-9-17(29(46,47)48)3-18(10-23)30(49,50)51)24-11-19(31(52,53)54)4-20(12-24)32(55,56)57;14-13(18)11-8-15-6-7-16(11)9-12(17)10-4-2-1-3-5-10/h1-12H;1-8H,9H2,(H-,14,18)/q-1;/p+1. The second-order valence-electron chi connectivity index (χ2n) is 16.0. The van der Waals surface area contributed by atoms with Gasteiger partial charge in [-0.05, 0) is 24.3 Å². The number of ketones is 1. The van der Waals surface area contributed by atoms with Gasteiger partial charge in [0.15, 0.2) is 6.20 Å². The first kappa shape index (κ1) is 58.6. The van der Waals surface area contributed by atoms with Crippen LogP contribution in [0, 0.1) is 0 Å². The van der Waals surface area contributed by atoms with Crippen LogP contribution in [0.3, 0.4) is 0 Å². The molecule has 0 fully saturated rings. The van der Waals surface area contributed by atoms with Crippen LogP contribution in [0.15, 0.2) is 122 Å². The van der Waals surface area contributed by atoms with Gasteiger partial charge in [0, 0.05) is 5.56 Å². The van der Waals surface area contributed by atoms with E-state index in [9.17, 15) is 115 Å². The summed E-state index contributed by atoms with van der Waals surface area (Å²) < 4.78 is 342. The molecule has 0 saturated heterocycles. The first-order valence-corrected chi connectivity index (χ1v) is 20.0. The molecule has 0 atom stereocenters. The number of nitrogens with zero attached hydrogens (tertiary/aromatic N) is 2. The highest BCUT2D eigenvalue weighted by atomic mass is 19.4. The van der Waals surface area contributed by atoms with Crippen molar-refractivity contribution >= 4 is 39.7 Å². The molecule has 0 spiro atoms. The lowest BCUT2D eigenvalue weighted by atomic mass is 9.12. The summed E-state index contributed by atoms with van der Waals surface area (Å²) in [4.78, 5) is 27.0. The normalized spacial score (nSPS) is 13.3. The molecule has 0 aliphatic rings. The predicted octanol–water partition coefficient (Wildman–Crippen LogP) is 11.6. The Morgan fingerprint density at radius 2 is 0.667 bits per heavy atom. The van der Waals surface area contributed by atoms with E-state index in [1.807, 2.05) is 6.07 Å². The molecule has 1 aromatic heterocycles. The van der Waals surface area contributed by atoms with E-state index in [0.717, 1.165) is 0 Å². The minimum Gasteiger partial charge on any atom is -0.360 e. The van der Waals surface area contributed by atoms with Gasteiger partial charge in [0.05, 0.1) is 50.7 Å². The second-order valence-corrected chi connectivity index (χ2v) is 16.0. The van der Waals surface area contributed by atoms with E-state index in [4.69, 9.17) is 5.73 Å². The van der Waals surface area contributed by atoms with E-state index in [1.165, 1.54) is 17.0 Å². The van der Waals surface area contributed by atoms with E-state index >= 15 is 0 Å². The first-order valence-electron chi connectivity index (χ1n) is 20.0. The Hall–Kier alpha value is -7.30. The van der Waals surface area contributed by atoms with E-state index in [0.29, 0.717) is 5.56 Å². The molecule has 5 nitrogen and oxygen atoms in total. The van der Waals surface area contributed by atoms with Crippen molar-refractivity contribution < 1.29 is 120 Å². The number of primary amides is 1. The zero-order valence-electron chi connectivity index (χ0n) is 36.2. The Bertz CT molecular complexity index is 2640. The van der Waals surface area contributed by atoms with E-state index in [2.05, 4.69) is 4.98 Å². The van der Waals surface area contributed by atoms with Gasteiger partial charge < -0.3 is 5.73 Å². The number of carbonyl (C=O) groups excluding carboxylic acids is 2. The fraction of sp³-hybridized carbons (Fsp3) is 0.200. The quantitative estimate of drug-likeness (QED) is 0.0714. The molecule has 0 bridgehead atoms. The molecule has 75 heavy (non-hydrogen) atoms.